The summed E-state index contributed by atoms with van der Waals surface area (Å²) in [4.78, 5) is 4.28. The molecule has 0 bridgehead atoms. The molecule has 0 radical (unpaired) electrons. The van der Waals surface area contributed by atoms with Crippen molar-refractivity contribution in [3.8, 4) is 0 Å². The fraction of sp³-hybridized carbons (Fsp3) is 0.412. The smallest absolute Gasteiger partial charge is 0.463 e. The van der Waals surface area contributed by atoms with Crippen LogP contribution in [0.25, 0.3) is 0 Å². The van der Waals surface area contributed by atoms with Crippen LogP contribution in [0.1, 0.15) is 24.8 Å². The van der Waals surface area contributed by atoms with E-state index in [-0.39, 0.29) is 12.3 Å². The summed E-state index contributed by atoms with van der Waals surface area (Å²) in [6.07, 6.45) is 3.37. The molecule has 0 atom stereocenters. The Kier molecular flexibility index (Phi) is 7.83. The van der Waals surface area contributed by atoms with Gasteiger partial charge in [0, 0.05) is 37.7 Å². The SMILES string of the molecule is NC(CCCOC1=NCCC(NCc2ccccc2)=C1)=NSC(F)(F)F. The van der Waals surface area contributed by atoms with Crippen LogP contribution in [0.2, 0.25) is 0 Å². The molecule has 0 saturated carbocycles. The van der Waals surface area contributed by atoms with Crippen molar-refractivity contribution in [1.29, 1.82) is 0 Å². The van der Waals surface area contributed by atoms with Gasteiger partial charge in [0.15, 0.2) is 0 Å². The topological polar surface area (TPSA) is 72.0 Å². The van der Waals surface area contributed by atoms with Gasteiger partial charge in [-0.25, -0.2) is 0 Å². The first-order valence-electron chi connectivity index (χ1n) is 8.15. The number of dihydropyridines is 1. The predicted molar refractivity (Wildman–Crippen MR) is 98.7 cm³/mol. The second-order valence-electron chi connectivity index (χ2n) is 5.55. The van der Waals surface area contributed by atoms with Crippen LogP contribution >= 0.6 is 11.9 Å². The van der Waals surface area contributed by atoms with Gasteiger partial charge in [0.2, 0.25) is 5.90 Å². The minimum atomic E-state index is -4.41. The Hall–Kier alpha value is -2.16. The van der Waals surface area contributed by atoms with Crippen molar-refractivity contribution in [2.45, 2.75) is 31.3 Å². The standard InChI is InChI=1S/C17H21F3N4OS/c18-17(19,20)26-24-15(21)7-4-10-25-16-11-14(8-9-22-16)23-12-13-5-2-1-3-6-13/h1-3,5-6,11,23H,4,7-10,12H2,(H2,21,24). The lowest BCUT2D eigenvalue weighted by Gasteiger charge is -2.16. The summed E-state index contributed by atoms with van der Waals surface area (Å²) in [6, 6.07) is 10.0. The molecular formula is C17H21F3N4OS. The molecule has 2 rings (SSSR count). The van der Waals surface area contributed by atoms with E-state index in [9.17, 15) is 13.2 Å². The van der Waals surface area contributed by atoms with Gasteiger partial charge < -0.3 is 15.8 Å². The van der Waals surface area contributed by atoms with E-state index in [4.69, 9.17) is 10.5 Å². The highest BCUT2D eigenvalue weighted by Crippen LogP contribution is 2.30. The summed E-state index contributed by atoms with van der Waals surface area (Å²) in [7, 11) is 0. The lowest BCUT2D eigenvalue weighted by molar-refractivity contribution is -0.0327. The van der Waals surface area contributed by atoms with Gasteiger partial charge in [-0.15, -0.1) is 0 Å². The number of aliphatic imine (C=N–C) groups is 1. The molecule has 0 amide bonds. The Labute approximate surface area is 154 Å². The zero-order valence-electron chi connectivity index (χ0n) is 14.1. The van der Waals surface area contributed by atoms with Crippen LogP contribution < -0.4 is 11.1 Å². The molecule has 0 unspecified atom stereocenters. The van der Waals surface area contributed by atoms with E-state index >= 15 is 0 Å². The Morgan fingerprint density at radius 1 is 1.31 bits per heavy atom. The second-order valence-corrected chi connectivity index (χ2v) is 6.38. The molecule has 1 aromatic rings. The molecule has 3 N–H and O–H groups in total. The molecule has 0 aliphatic carbocycles. The first-order chi connectivity index (χ1) is 12.4. The van der Waals surface area contributed by atoms with Crippen molar-refractivity contribution in [2.24, 2.45) is 15.1 Å². The van der Waals surface area contributed by atoms with Crippen molar-refractivity contribution >= 4 is 23.7 Å². The third kappa shape index (κ3) is 8.28. The maximum atomic E-state index is 12.0. The number of ether oxygens (including phenoxy) is 1. The van der Waals surface area contributed by atoms with Crippen LogP contribution in [0.4, 0.5) is 13.2 Å². The van der Waals surface area contributed by atoms with Crippen molar-refractivity contribution in [2.75, 3.05) is 13.2 Å². The minimum absolute atomic E-state index is 0.0535. The van der Waals surface area contributed by atoms with Crippen LogP contribution in [0.15, 0.2) is 51.5 Å². The van der Waals surface area contributed by atoms with Gasteiger partial charge in [-0.3, -0.25) is 4.99 Å². The fourth-order valence-electron chi connectivity index (χ4n) is 2.18. The van der Waals surface area contributed by atoms with E-state index < -0.39 is 17.5 Å². The van der Waals surface area contributed by atoms with Crippen molar-refractivity contribution in [1.82, 2.24) is 5.32 Å². The van der Waals surface area contributed by atoms with E-state index in [1.165, 1.54) is 5.56 Å². The molecule has 1 aliphatic rings. The summed E-state index contributed by atoms with van der Waals surface area (Å²) in [6.45, 7) is 1.67. The van der Waals surface area contributed by atoms with E-state index in [2.05, 4.69) is 14.7 Å². The maximum absolute atomic E-state index is 12.0. The number of alkyl halides is 3. The van der Waals surface area contributed by atoms with E-state index in [0.717, 1.165) is 18.7 Å². The van der Waals surface area contributed by atoms with Crippen molar-refractivity contribution in [3.05, 3.63) is 47.7 Å². The lowest BCUT2D eigenvalue weighted by Crippen LogP contribution is -2.20. The summed E-state index contributed by atoms with van der Waals surface area (Å²) in [5.74, 6) is 0.467. The zero-order valence-corrected chi connectivity index (χ0v) is 14.9. The average Bonchev–Trinajstić information content (AvgIpc) is 2.62. The van der Waals surface area contributed by atoms with Gasteiger partial charge >= 0.3 is 5.51 Å². The molecule has 0 aromatic heterocycles. The third-order valence-electron chi connectivity index (χ3n) is 3.40. The highest BCUT2D eigenvalue weighted by Gasteiger charge is 2.28. The van der Waals surface area contributed by atoms with Crippen LogP contribution in [-0.4, -0.2) is 30.4 Å². The average molecular weight is 386 g/mol. The summed E-state index contributed by atoms with van der Waals surface area (Å²) in [5, 5.41) is 3.36. The summed E-state index contributed by atoms with van der Waals surface area (Å²) >= 11 is -0.488. The van der Waals surface area contributed by atoms with Gasteiger partial charge in [0.05, 0.1) is 18.6 Å². The number of benzene rings is 1. The van der Waals surface area contributed by atoms with Crippen LogP contribution in [0.3, 0.4) is 0 Å². The molecule has 142 valence electrons. The van der Waals surface area contributed by atoms with Gasteiger partial charge in [-0.2, -0.15) is 17.6 Å². The third-order valence-corrected chi connectivity index (χ3v) is 3.94. The first-order valence-corrected chi connectivity index (χ1v) is 8.92. The number of rotatable bonds is 8. The second kappa shape index (κ2) is 10.1. The predicted octanol–water partition coefficient (Wildman–Crippen LogP) is 3.78. The number of nitrogens with zero attached hydrogens (tertiary/aromatic N) is 2. The normalized spacial score (nSPS) is 15.3. The van der Waals surface area contributed by atoms with E-state index in [0.29, 0.717) is 25.5 Å². The molecule has 0 fully saturated rings. The number of hydrogen-bond acceptors (Lipinski definition) is 5. The molecule has 1 aromatic carbocycles. The van der Waals surface area contributed by atoms with Crippen molar-refractivity contribution < 1.29 is 17.9 Å². The minimum Gasteiger partial charge on any atom is -0.478 e. The summed E-state index contributed by atoms with van der Waals surface area (Å²) < 4.78 is 44.8. The number of hydrogen-bond donors (Lipinski definition) is 2. The molecular weight excluding hydrogens is 365 g/mol. The van der Waals surface area contributed by atoms with E-state index in [1.54, 1.807) is 0 Å². The molecule has 9 heteroatoms. The van der Waals surface area contributed by atoms with Gasteiger partial charge in [0.1, 0.15) is 5.84 Å². The quantitative estimate of drug-likeness (QED) is 0.309. The van der Waals surface area contributed by atoms with Gasteiger partial charge in [-0.1, -0.05) is 30.3 Å². The Balaban J connectivity index is 1.69. The zero-order chi connectivity index (χ0) is 18.8. The monoisotopic (exact) mass is 386 g/mol. The van der Waals surface area contributed by atoms with Crippen LogP contribution in [0, 0.1) is 0 Å². The Bertz CT molecular complexity index is 660. The number of nitrogens with one attached hydrogen (secondary N) is 1. The number of nitrogens with two attached hydrogens (primary N) is 1. The number of amidine groups is 1. The molecule has 26 heavy (non-hydrogen) atoms. The largest absolute Gasteiger partial charge is 0.478 e. The first kappa shape index (κ1) is 20.2. The van der Waals surface area contributed by atoms with Crippen LogP contribution in [-0.2, 0) is 11.3 Å². The van der Waals surface area contributed by atoms with Crippen LogP contribution in [0.5, 0.6) is 0 Å². The molecule has 5 nitrogen and oxygen atoms in total. The highest BCUT2D eigenvalue weighted by molar-refractivity contribution is 7.99. The van der Waals surface area contributed by atoms with Crippen molar-refractivity contribution in [3.63, 3.8) is 0 Å². The Morgan fingerprint density at radius 3 is 2.81 bits per heavy atom. The highest BCUT2D eigenvalue weighted by atomic mass is 32.2. The van der Waals surface area contributed by atoms with E-state index in [1.807, 2.05) is 36.4 Å². The summed E-state index contributed by atoms with van der Waals surface area (Å²) in [5.41, 5.74) is 3.26. The Morgan fingerprint density at radius 2 is 2.08 bits per heavy atom. The lowest BCUT2D eigenvalue weighted by atomic mass is 10.2. The number of halogens is 3. The van der Waals surface area contributed by atoms with Gasteiger partial charge in [0.25, 0.3) is 0 Å². The van der Waals surface area contributed by atoms with Gasteiger partial charge in [-0.05, 0) is 12.0 Å². The molecule has 0 saturated heterocycles. The molecule has 1 heterocycles. The fourth-order valence-corrected chi connectivity index (χ4v) is 2.49. The molecule has 0 spiro atoms. The molecule has 1 aliphatic heterocycles. The maximum Gasteiger partial charge on any atom is 0.463 e.